The van der Waals surface area contributed by atoms with Gasteiger partial charge in [-0.3, -0.25) is 0 Å². The maximum Gasteiger partial charge on any atom is 0.105 e. The second-order valence-electron chi connectivity index (χ2n) is 7.05. The van der Waals surface area contributed by atoms with Crippen LogP contribution in [0.15, 0.2) is 0 Å². The van der Waals surface area contributed by atoms with Crippen LogP contribution in [0.5, 0.6) is 0 Å². The maximum atomic E-state index is 6.00. The average molecular weight is 266 g/mol. The van der Waals surface area contributed by atoms with Crippen LogP contribution in [-0.2, 0) is 9.47 Å². The van der Waals surface area contributed by atoms with Crippen molar-refractivity contribution in [2.24, 2.45) is 11.8 Å². The lowest BCUT2D eigenvalue weighted by Crippen LogP contribution is -2.41. The third-order valence-corrected chi connectivity index (χ3v) is 5.26. The molecule has 1 saturated carbocycles. The number of rotatable bonds is 7. The van der Waals surface area contributed by atoms with Gasteiger partial charge in [0.15, 0.2) is 0 Å². The summed E-state index contributed by atoms with van der Waals surface area (Å²) in [6.07, 6.45) is 9.51. The molecule has 0 aromatic rings. The van der Waals surface area contributed by atoms with E-state index in [0.29, 0.717) is 6.10 Å². The Bertz CT molecular complexity index is 276. The largest absolute Gasteiger partial charge is 0.381 e. The molecular weight excluding hydrogens is 235 g/mol. The summed E-state index contributed by atoms with van der Waals surface area (Å²) in [6, 6.07) is 0. The molecule has 1 aliphatic heterocycles. The second kappa shape index (κ2) is 6.63. The van der Waals surface area contributed by atoms with E-state index in [1.165, 1.54) is 44.9 Å². The van der Waals surface area contributed by atoms with E-state index in [0.717, 1.165) is 24.3 Å². The molecule has 0 spiro atoms. The van der Waals surface area contributed by atoms with E-state index < -0.39 is 0 Å². The maximum absolute atomic E-state index is 6.00. The van der Waals surface area contributed by atoms with Gasteiger partial charge in [-0.25, -0.2) is 0 Å². The highest BCUT2D eigenvalue weighted by atomic mass is 16.6. The predicted octanol–water partition coefficient (Wildman–Crippen LogP) is 3.21. The SMILES string of the molecule is B[C@@H](C)CCC1(C2CCCC(OC)C2CCC)CO1. The van der Waals surface area contributed by atoms with Crippen LogP contribution in [0.25, 0.3) is 0 Å². The highest BCUT2D eigenvalue weighted by Gasteiger charge is 2.55. The first-order chi connectivity index (χ1) is 9.13. The van der Waals surface area contributed by atoms with Crippen molar-refractivity contribution in [1.82, 2.24) is 0 Å². The quantitative estimate of drug-likeness (QED) is 0.521. The molecule has 0 aromatic heterocycles. The zero-order valence-electron chi connectivity index (χ0n) is 13.3. The third-order valence-electron chi connectivity index (χ3n) is 5.26. The van der Waals surface area contributed by atoms with Crippen molar-refractivity contribution >= 4 is 7.85 Å². The Kier molecular flexibility index (Phi) is 5.36. The van der Waals surface area contributed by atoms with Crippen molar-refractivity contribution in [3.8, 4) is 0 Å². The van der Waals surface area contributed by atoms with Crippen molar-refractivity contribution in [1.29, 1.82) is 0 Å². The standard InChI is InChI=1S/C16H31BO2/c1-4-6-13-14(7-5-8-15(13)18-3)16(11-19-16)10-9-12(2)17/h12-15H,4-11,17H2,1-3H3/t12-,13?,14?,15?,16?/m0/s1. The molecule has 2 fully saturated rings. The van der Waals surface area contributed by atoms with Gasteiger partial charge >= 0.3 is 0 Å². The molecule has 19 heavy (non-hydrogen) atoms. The summed E-state index contributed by atoms with van der Waals surface area (Å²) in [5, 5.41) is 0. The number of hydrogen-bond acceptors (Lipinski definition) is 2. The lowest BCUT2D eigenvalue weighted by Gasteiger charge is -2.40. The van der Waals surface area contributed by atoms with Crippen LogP contribution in [-0.4, -0.2) is 33.3 Å². The third kappa shape index (κ3) is 3.55. The predicted molar refractivity (Wildman–Crippen MR) is 82.4 cm³/mol. The molecule has 1 saturated heterocycles. The monoisotopic (exact) mass is 266 g/mol. The van der Waals surface area contributed by atoms with E-state index in [9.17, 15) is 0 Å². The molecule has 0 radical (unpaired) electrons. The average Bonchev–Trinajstić information content (AvgIpc) is 3.18. The number of methoxy groups -OCH3 is 1. The van der Waals surface area contributed by atoms with Crippen molar-refractivity contribution in [3.05, 3.63) is 0 Å². The van der Waals surface area contributed by atoms with Crippen LogP contribution in [0.3, 0.4) is 0 Å². The summed E-state index contributed by atoms with van der Waals surface area (Å²) in [4.78, 5) is 0. The minimum atomic E-state index is 0.224. The van der Waals surface area contributed by atoms with Gasteiger partial charge in [-0.15, -0.1) is 0 Å². The summed E-state index contributed by atoms with van der Waals surface area (Å²) in [5.74, 6) is 2.25. The van der Waals surface area contributed by atoms with Gasteiger partial charge in [0.05, 0.1) is 18.3 Å². The minimum Gasteiger partial charge on any atom is -0.381 e. The van der Waals surface area contributed by atoms with Crippen LogP contribution in [0.4, 0.5) is 0 Å². The zero-order valence-corrected chi connectivity index (χ0v) is 13.3. The van der Waals surface area contributed by atoms with E-state index in [2.05, 4.69) is 21.7 Å². The Morgan fingerprint density at radius 3 is 2.68 bits per heavy atom. The number of hydrogen-bond donors (Lipinski definition) is 0. The molecule has 0 aromatic carbocycles. The lowest BCUT2D eigenvalue weighted by molar-refractivity contribution is -0.0334. The van der Waals surface area contributed by atoms with E-state index in [1.54, 1.807) is 0 Å². The first-order valence-electron chi connectivity index (χ1n) is 8.29. The van der Waals surface area contributed by atoms with Crippen molar-refractivity contribution < 1.29 is 9.47 Å². The van der Waals surface area contributed by atoms with Gasteiger partial charge in [-0.1, -0.05) is 38.9 Å². The first-order valence-corrected chi connectivity index (χ1v) is 8.29. The van der Waals surface area contributed by atoms with Gasteiger partial charge in [0.2, 0.25) is 0 Å². The molecule has 5 atom stereocenters. The Morgan fingerprint density at radius 1 is 1.42 bits per heavy atom. The van der Waals surface area contributed by atoms with E-state index >= 15 is 0 Å². The summed E-state index contributed by atoms with van der Waals surface area (Å²) in [5.41, 5.74) is 0.224. The molecule has 0 N–H and O–H groups in total. The van der Waals surface area contributed by atoms with Gasteiger partial charge < -0.3 is 9.47 Å². The van der Waals surface area contributed by atoms with Crippen molar-refractivity contribution in [2.45, 2.75) is 76.3 Å². The van der Waals surface area contributed by atoms with Gasteiger partial charge in [0, 0.05) is 7.11 Å². The molecule has 0 bridgehead atoms. The van der Waals surface area contributed by atoms with Crippen LogP contribution < -0.4 is 0 Å². The Labute approximate surface area is 120 Å². The van der Waals surface area contributed by atoms with Crippen LogP contribution in [0.1, 0.15) is 58.8 Å². The molecule has 2 rings (SSSR count). The van der Waals surface area contributed by atoms with E-state index in [1.807, 2.05) is 7.11 Å². The fourth-order valence-corrected chi connectivity index (χ4v) is 4.06. The summed E-state index contributed by atoms with van der Waals surface area (Å²) < 4.78 is 11.8. The Balaban J connectivity index is 2.02. The molecular formula is C16H31BO2. The van der Waals surface area contributed by atoms with Crippen LogP contribution in [0.2, 0.25) is 5.82 Å². The Hall–Kier alpha value is -0.0151. The molecule has 2 nitrogen and oxygen atoms in total. The normalized spacial score (nSPS) is 40.1. The van der Waals surface area contributed by atoms with Gasteiger partial charge in [-0.05, 0) is 37.5 Å². The summed E-state index contributed by atoms with van der Waals surface area (Å²) >= 11 is 0. The van der Waals surface area contributed by atoms with Crippen molar-refractivity contribution in [3.63, 3.8) is 0 Å². The lowest BCUT2D eigenvalue weighted by atomic mass is 9.67. The fourth-order valence-electron chi connectivity index (χ4n) is 4.06. The molecule has 110 valence electrons. The smallest absolute Gasteiger partial charge is 0.105 e. The molecule has 4 unspecified atom stereocenters. The van der Waals surface area contributed by atoms with Gasteiger partial charge in [0.25, 0.3) is 0 Å². The topological polar surface area (TPSA) is 21.8 Å². The summed E-state index contributed by atoms with van der Waals surface area (Å²) in [6.45, 7) is 5.62. The minimum absolute atomic E-state index is 0.224. The molecule has 1 heterocycles. The molecule has 3 heteroatoms. The highest BCUT2D eigenvalue weighted by Crippen LogP contribution is 2.51. The fraction of sp³-hybridized carbons (Fsp3) is 1.00. The first kappa shape index (κ1) is 15.4. The summed E-state index contributed by atoms with van der Waals surface area (Å²) in [7, 11) is 4.21. The molecule has 2 aliphatic rings. The van der Waals surface area contributed by atoms with E-state index in [-0.39, 0.29) is 5.60 Å². The Morgan fingerprint density at radius 2 is 2.16 bits per heavy atom. The van der Waals surface area contributed by atoms with Crippen molar-refractivity contribution in [2.75, 3.05) is 13.7 Å². The second-order valence-corrected chi connectivity index (χ2v) is 7.05. The molecule has 0 amide bonds. The van der Waals surface area contributed by atoms with Crippen LogP contribution in [0, 0.1) is 11.8 Å². The highest BCUT2D eigenvalue weighted by molar-refractivity contribution is 6.11. The number of ether oxygens (including phenoxy) is 2. The van der Waals surface area contributed by atoms with Gasteiger partial charge in [-0.2, -0.15) is 0 Å². The molecule has 1 aliphatic carbocycles. The zero-order chi connectivity index (χ0) is 13.9. The van der Waals surface area contributed by atoms with E-state index in [4.69, 9.17) is 9.47 Å². The van der Waals surface area contributed by atoms with Crippen LogP contribution >= 0.6 is 0 Å². The number of epoxide rings is 1. The van der Waals surface area contributed by atoms with Gasteiger partial charge in [0.1, 0.15) is 7.85 Å².